The number of ether oxygens (including phenoxy) is 2. The van der Waals surface area contributed by atoms with E-state index in [1.807, 2.05) is 0 Å². The molecule has 13 heteroatoms. The van der Waals surface area contributed by atoms with Crippen LogP contribution in [0.3, 0.4) is 0 Å². The van der Waals surface area contributed by atoms with Gasteiger partial charge in [0.2, 0.25) is 21.1 Å². The van der Waals surface area contributed by atoms with E-state index in [9.17, 15) is 0 Å². The number of aliphatic hydroxyl groups excluding tert-OH is 1. The average Bonchev–Trinajstić information content (AvgIpc) is 2.47. The first-order valence-corrected chi connectivity index (χ1v) is 6.62. The van der Waals surface area contributed by atoms with E-state index in [1.54, 1.807) is 0 Å². The molecule has 0 aliphatic rings. The van der Waals surface area contributed by atoms with Gasteiger partial charge in [-0.3, -0.25) is 0 Å². The van der Waals surface area contributed by atoms with Crippen LogP contribution in [-0.4, -0.2) is 56.3 Å². The van der Waals surface area contributed by atoms with Crippen LogP contribution in [0.5, 0.6) is 12.0 Å². The summed E-state index contributed by atoms with van der Waals surface area (Å²) in [6.45, 7) is 0. The van der Waals surface area contributed by atoms with Crippen molar-refractivity contribution in [1.82, 2.24) is 29.9 Å². The highest BCUT2D eigenvalue weighted by Crippen LogP contribution is 2.11. The Morgan fingerprint density at radius 3 is 1.14 bits per heavy atom. The van der Waals surface area contributed by atoms with E-state index in [0.717, 1.165) is 7.11 Å². The van der Waals surface area contributed by atoms with Gasteiger partial charge >= 0.3 is 12.0 Å². The molecule has 0 aliphatic heterocycles. The van der Waals surface area contributed by atoms with Crippen molar-refractivity contribution in [3.05, 3.63) is 21.1 Å². The number of rotatable bonds is 2. The van der Waals surface area contributed by atoms with E-state index < -0.39 is 0 Å². The van der Waals surface area contributed by atoms with Gasteiger partial charge in [0.1, 0.15) is 0 Å². The van der Waals surface area contributed by atoms with Crippen molar-refractivity contribution in [3.8, 4) is 12.0 Å². The fourth-order valence-electron chi connectivity index (χ4n) is 0.801. The maximum absolute atomic E-state index is 7.00. The summed E-state index contributed by atoms with van der Waals surface area (Å²) in [5.41, 5.74) is 0. The van der Waals surface area contributed by atoms with Crippen molar-refractivity contribution in [3.63, 3.8) is 0 Å². The maximum Gasteiger partial charge on any atom is 0.323 e. The van der Waals surface area contributed by atoms with E-state index in [1.165, 1.54) is 14.2 Å². The highest BCUT2D eigenvalue weighted by Gasteiger charge is 2.03. The zero-order chi connectivity index (χ0) is 17.1. The fraction of sp³-hybridized carbons (Fsp3) is 0.333. The second kappa shape index (κ2) is 11.3. The molecule has 2 heterocycles. The van der Waals surface area contributed by atoms with Gasteiger partial charge in [-0.15, -0.1) is 4.98 Å². The van der Waals surface area contributed by atoms with Crippen LogP contribution >= 0.6 is 46.4 Å². The van der Waals surface area contributed by atoms with Gasteiger partial charge in [0.25, 0.3) is 0 Å². The summed E-state index contributed by atoms with van der Waals surface area (Å²) < 4.78 is 9.42. The molecule has 9 nitrogen and oxygen atoms in total. The van der Waals surface area contributed by atoms with Crippen molar-refractivity contribution >= 4 is 46.4 Å². The molecule has 2 aromatic heterocycles. The monoisotopic (exact) mass is 390 g/mol. The quantitative estimate of drug-likeness (QED) is 0.819. The van der Waals surface area contributed by atoms with Crippen LogP contribution in [0, 0.1) is 0 Å². The van der Waals surface area contributed by atoms with Crippen LogP contribution in [0.4, 0.5) is 0 Å². The second-order valence-electron chi connectivity index (χ2n) is 2.72. The van der Waals surface area contributed by atoms with Gasteiger partial charge < -0.3 is 14.6 Å². The zero-order valence-corrected chi connectivity index (χ0v) is 14.5. The zero-order valence-electron chi connectivity index (χ0n) is 11.5. The fourth-order valence-corrected chi connectivity index (χ4v) is 1.56. The largest absolute Gasteiger partial charge is 0.467 e. The molecule has 0 atom stereocenters. The lowest BCUT2D eigenvalue weighted by molar-refractivity contribution is 0.340. The van der Waals surface area contributed by atoms with Crippen LogP contribution in [0.2, 0.25) is 21.1 Å². The van der Waals surface area contributed by atoms with Crippen LogP contribution in [0.25, 0.3) is 0 Å². The summed E-state index contributed by atoms with van der Waals surface area (Å²) in [4.78, 5) is 21.4. The molecule has 0 aromatic carbocycles. The topological polar surface area (TPSA) is 116 Å². The summed E-state index contributed by atoms with van der Waals surface area (Å²) in [5.74, 6) is 0. The van der Waals surface area contributed by atoms with Gasteiger partial charge in [-0.25, -0.2) is 0 Å². The highest BCUT2D eigenvalue weighted by molar-refractivity contribution is 6.33. The number of nitrogens with zero attached hydrogens (tertiary/aromatic N) is 6. The molecular weight excluding hydrogens is 382 g/mol. The summed E-state index contributed by atoms with van der Waals surface area (Å²) in [5, 5.41) is 7.05. The molecule has 0 amide bonds. The lowest BCUT2D eigenvalue weighted by Gasteiger charge is -1.99. The molecule has 2 rings (SSSR count). The Balaban J connectivity index is 0.000000366. The van der Waals surface area contributed by atoms with E-state index >= 15 is 0 Å². The third kappa shape index (κ3) is 8.25. The van der Waals surface area contributed by atoms with Crippen LogP contribution in [-0.2, 0) is 0 Å². The molecule has 0 fully saturated rings. The number of aromatic nitrogens is 6. The minimum Gasteiger partial charge on any atom is -0.467 e. The van der Waals surface area contributed by atoms with Crippen molar-refractivity contribution in [2.24, 2.45) is 0 Å². The molecule has 0 saturated carbocycles. The number of halogens is 4. The van der Waals surface area contributed by atoms with Crippen LogP contribution in [0.1, 0.15) is 0 Å². The number of methoxy groups -OCH3 is 2. The molecule has 1 N–H and O–H groups in total. The number of aliphatic hydroxyl groups is 1. The van der Waals surface area contributed by atoms with Crippen molar-refractivity contribution in [1.29, 1.82) is 0 Å². The molecule has 0 spiro atoms. The Morgan fingerprint density at radius 2 is 0.864 bits per heavy atom. The molecule has 0 bridgehead atoms. The predicted molar refractivity (Wildman–Crippen MR) is 80.9 cm³/mol. The molecule has 0 radical (unpaired) electrons. The Hall–Kier alpha value is -1.26. The summed E-state index contributed by atoms with van der Waals surface area (Å²) in [6.07, 6.45) is 0. The first-order chi connectivity index (χ1) is 10.4. The molecule has 2 aromatic rings. The first-order valence-electron chi connectivity index (χ1n) is 5.11. The third-order valence-corrected chi connectivity index (χ3v) is 2.16. The summed E-state index contributed by atoms with van der Waals surface area (Å²) >= 11 is 21.4. The summed E-state index contributed by atoms with van der Waals surface area (Å²) in [7, 11) is 3.87. The number of hydrogen-bond donors (Lipinski definition) is 1. The Morgan fingerprint density at radius 1 is 0.591 bits per heavy atom. The van der Waals surface area contributed by atoms with Gasteiger partial charge in [-0.2, -0.15) is 24.9 Å². The first kappa shape index (κ1) is 20.7. The predicted octanol–water partition coefficient (Wildman–Crippen LogP) is 1.98. The molecular formula is C9H10Cl4N6O3. The van der Waals surface area contributed by atoms with Crippen LogP contribution in [0.15, 0.2) is 0 Å². The Bertz CT molecular complexity index is 519. The van der Waals surface area contributed by atoms with Gasteiger partial charge in [0.15, 0.2) is 0 Å². The van der Waals surface area contributed by atoms with E-state index in [-0.39, 0.29) is 33.2 Å². The van der Waals surface area contributed by atoms with E-state index in [4.69, 9.17) is 61.0 Å². The lowest BCUT2D eigenvalue weighted by Crippen LogP contribution is -1.98. The Labute approximate surface area is 145 Å². The van der Waals surface area contributed by atoms with Crippen LogP contribution < -0.4 is 9.47 Å². The van der Waals surface area contributed by atoms with E-state index in [0.29, 0.717) is 0 Å². The standard InChI is InChI=1S/C5H6ClN3O2.C3Cl3N3.CH4O/c1-10-4-7-3(6)8-5(9-4)11-2;4-1-7-2(5)9-3(6)8-1;1-2/h1-2H3;;2H,1H3. The van der Waals surface area contributed by atoms with Gasteiger partial charge in [0.05, 0.1) is 14.2 Å². The second-order valence-corrected chi connectivity index (χ2v) is 4.07. The highest BCUT2D eigenvalue weighted by atomic mass is 35.5. The average molecular weight is 392 g/mol. The lowest BCUT2D eigenvalue weighted by atomic mass is 11.0. The normalized spacial score (nSPS) is 8.91. The van der Waals surface area contributed by atoms with Crippen molar-refractivity contribution < 1.29 is 14.6 Å². The van der Waals surface area contributed by atoms with Crippen molar-refractivity contribution in [2.75, 3.05) is 21.3 Å². The number of hydrogen-bond acceptors (Lipinski definition) is 9. The maximum atomic E-state index is 7.00. The molecule has 22 heavy (non-hydrogen) atoms. The SMILES string of the molecule is CO.COc1nc(Cl)nc(OC)n1.Clc1nc(Cl)nc(Cl)n1. The van der Waals surface area contributed by atoms with Crippen molar-refractivity contribution in [2.45, 2.75) is 0 Å². The molecule has 0 aliphatic carbocycles. The summed E-state index contributed by atoms with van der Waals surface area (Å²) in [6, 6.07) is 0.281. The smallest absolute Gasteiger partial charge is 0.323 e. The minimum absolute atomic E-state index is 0.000000000000000444. The Kier molecular flexibility index (Phi) is 10.7. The molecule has 0 saturated heterocycles. The van der Waals surface area contributed by atoms with Gasteiger partial charge in [-0.05, 0) is 46.4 Å². The third-order valence-electron chi connectivity index (χ3n) is 1.49. The van der Waals surface area contributed by atoms with Gasteiger partial charge in [0, 0.05) is 7.11 Å². The minimum atomic E-state index is 0.000000000000000444. The molecule has 0 unspecified atom stereocenters. The van der Waals surface area contributed by atoms with E-state index in [2.05, 4.69) is 29.9 Å². The van der Waals surface area contributed by atoms with Gasteiger partial charge in [-0.1, -0.05) is 0 Å². The molecule has 122 valence electrons.